The van der Waals surface area contributed by atoms with Crippen molar-refractivity contribution in [1.82, 2.24) is 15.0 Å². The van der Waals surface area contributed by atoms with Crippen LogP contribution in [0.3, 0.4) is 0 Å². The van der Waals surface area contributed by atoms with Crippen LogP contribution in [-0.2, 0) is 0 Å². The Balaban J connectivity index is 1.06. The van der Waals surface area contributed by atoms with Gasteiger partial charge in [0.25, 0.3) is 0 Å². The first-order valence-corrected chi connectivity index (χ1v) is 19.5. The fourth-order valence-corrected chi connectivity index (χ4v) is 7.87. The lowest BCUT2D eigenvalue weighted by atomic mass is 9.59. The number of nitrogens with zero attached hydrogens (tertiary/aromatic N) is 3. The van der Waals surface area contributed by atoms with Gasteiger partial charge in [0, 0.05) is 27.5 Å². The molecule has 8 aromatic carbocycles. The Hall–Kier alpha value is -7.11. The van der Waals surface area contributed by atoms with E-state index in [0.717, 1.165) is 49.7 Å². The zero-order chi connectivity index (χ0) is 40.9. The van der Waals surface area contributed by atoms with Crippen molar-refractivity contribution in [3.05, 3.63) is 170 Å². The van der Waals surface area contributed by atoms with E-state index in [1.54, 1.807) is 0 Å². The maximum Gasteiger partial charge on any atom is 0.167 e. The molecule has 2 heterocycles. The van der Waals surface area contributed by atoms with Gasteiger partial charge in [-0.2, -0.15) is 0 Å². The fraction of sp³-hybridized carbons (Fsp3) is 0. The number of rotatable bonds is 7. The first kappa shape index (κ1) is 37.2. The smallest absolute Gasteiger partial charge is 0.167 e. The molecule has 0 unspecified atom stereocenters. The molecule has 0 amide bonds. The molecule has 0 aliphatic rings. The van der Waals surface area contributed by atoms with Gasteiger partial charge < -0.3 is 4.42 Å². The van der Waals surface area contributed by atoms with E-state index in [1.807, 2.05) is 72.8 Å². The first-order chi connectivity index (χ1) is 29.3. The molecule has 0 aliphatic heterocycles. The zero-order valence-corrected chi connectivity index (χ0v) is 32.3. The van der Waals surface area contributed by atoms with Gasteiger partial charge in [-0.1, -0.05) is 169 Å². The molecule has 0 aliphatic carbocycles. The van der Waals surface area contributed by atoms with Crippen molar-refractivity contribution in [2.75, 3.05) is 0 Å². The van der Waals surface area contributed by atoms with Crippen LogP contribution in [0.1, 0.15) is 0 Å². The second-order valence-corrected chi connectivity index (χ2v) is 14.7. The van der Waals surface area contributed by atoms with Gasteiger partial charge in [-0.3, -0.25) is 0 Å². The summed E-state index contributed by atoms with van der Waals surface area (Å²) in [6, 6.07) is 57.4. The van der Waals surface area contributed by atoms with Gasteiger partial charge in [0.2, 0.25) is 0 Å². The highest BCUT2D eigenvalue weighted by Crippen LogP contribution is 2.40. The third-order valence-electron chi connectivity index (χ3n) is 11.1. The Morgan fingerprint density at radius 3 is 1.28 bits per heavy atom. The first-order valence-electron chi connectivity index (χ1n) is 19.5. The Morgan fingerprint density at radius 1 is 0.300 bits per heavy atom. The van der Waals surface area contributed by atoms with Gasteiger partial charge >= 0.3 is 0 Å². The average Bonchev–Trinajstić information content (AvgIpc) is 3.70. The molecule has 60 heavy (non-hydrogen) atoms. The van der Waals surface area contributed by atoms with Crippen molar-refractivity contribution in [3.63, 3.8) is 0 Å². The molecular weight excluding hydrogens is 725 g/mol. The van der Waals surface area contributed by atoms with Crippen molar-refractivity contribution in [1.29, 1.82) is 0 Å². The minimum atomic E-state index is 0.158. The van der Waals surface area contributed by atoms with Gasteiger partial charge in [-0.25, -0.2) is 15.0 Å². The van der Waals surface area contributed by atoms with Crippen LogP contribution in [0.15, 0.2) is 174 Å². The summed E-state index contributed by atoms with van der Waals surface area (Å²) < 4.78 is 6.86. The van der Waals surface area contributed by atoms with E-state index in [2.05, 4.69) is 97.1 Å². The molecule has 0 saturated heterocycles. The highest BCUT2D eigenvalue weighted by atomic mass is 16.3. The van der Waals surface area contributed by atoms with E-state index < -0.39 is 0 Å². The van der Waals surface area contributed by atoms with E-state index in [1.165, 1.54) is 11.1 Å². The van der Waals surface area contributed by atoms with E-state index in [-0.39, 0.29) is 27.3 Å². The summed E-state index contributed by atoms with van der Waals surface area (Å²) in [6.07, 6.45) is 0. The van der Waals surface area contributed by atoms with Crippen molar-refractivity contribution in [2.24, 2.45) is 0 Å². The quantitative estimate of drug-likeness (QED) is 0.159. The van der Waals surface area contributed by atoms with Gasteiger partial charge in [0.1, 0.15) is 50.4 Å². The number of furan rings is 1. The number of hydrogen-bond acceptors (Lipinski definition) is 4. The third kappa shape index (κ3) is 6.57. The third-order valence-corrected chi connectivity index (χ3v) is 11.1. The van der Waals surface area contributed by atoms with Crippen LogP contribution in [0.2, 0.25) is 0 Å². The second-order valence-electron chi connectivity index (χ2n) is 14.7. The maximum atomic E-state index is 6.86. The van der Waals surface area contributed by atoms with Crippen LogP contribution >= 0.6 is 0 Å². The minimum Gasteiger partial charge on any atom is -0.455 e. The Bertz CT molecular complexity index is 3210. The standard InChI is InChI=1S/C51H28B5N3O/c52-42-41(43(53)45(55)46(56)44(42)54)35-14-7-15-36(28-35)50-57-49(34-12-5-2-6-13-34)58-51(59-50)40-19-9-18-39-38-17-8-16-37(47(38)60-48(39)40)33-26-24-32(25-27-33)31-22-20-30(21-23-31)29-10-3-1-4-11-29/h1-28H. The molecule has 0 saturated carbocycles. The Morgan fingerprint density at radius 2 is 0.700 bits per heavy atom. The summed E-state index contributed by atoms with van der Waals surface area (Å²) in [5.74, 6) is 1.40. The average molecular weight is 753 g/mol. The molecule has 268 valence electrons. The Labute approximate surface area is 354 Å². The maximum absolute atomic E-state index is 6.86. The highest BCUT2D eigenvalue weighted by Gasteiger charge is 2.20. The predicted molar refractivity (Wildman–Crippen MR) is 252 cm³/mol. The van der Waals surface area contributed by atoms with E-state index in [0.29, 0.717) is 39.7 Å². The lowest BCUT2D eigenvalue weighted by Crippen LogP contribution is -2.55. The zero-order valence-electron chi connectivity index (χ0n) is 32.3. The number of hydrogen-bond donors (Lipinski definition) is 0. The Kier molecular flexibility index (Phi) is 9.45. The summed E-state index contributed by atoms with van der Waals surface area (Å²) in [7, 11) is 31.5. The molecule has 10 aromatic rings. The number of para-hydroxylation sites is 2. The fourth-order valence-electron chi connectivity index (χ4n) is 7.87. The van der Waals surface area contributed by atoms with Crippen LogP contribution in [0.4, 0.5) is 0 Å². The number of fused-ring (bicyclic) bond motifs is 3. The monoisotopic (exact) mass is 753 g/mol. The molecule has 0 fully saturated rings. The second kappa shape index (κ2) is 15.2. The summed E-state index contributed by atoms with van der Waals surface area (Å²) in [5.41, 5.74) is 12.6. The van der Waals surface area contributed by atoms with Crippen LogP contribution in [-0.4, -0.2) is 54.2 Å². The van der Waals surface area contributed by atoms with Gasteiger partial charge in [-0.05, 0) is 51.1 Å². The number of aromatic nitrogens is 3. The molecule has 10 rings (SSSR count). The lowest BCUT2D eigenvalue weighted by Gasteiger charge is -2.21. The summed E-state index contributed by atoms with van der Waals surface area (Å²) >= 11 is 0. The summed E-state index contributed by atoms with van der Waals surface area (Å²) in [5, 5.41) is 1.95. The molecule has 10 radical (unpaired) electrons. The van der Waals surface area contributed by atoms with Crippen LogP contribution in [0.5, 0.6) is 0 Å². The largest absolute Gasteiger partial charge is 0.455 e. The molecule has 9 heteroatoms. The lowest BCUT2D eigenvalue weighted by molar-refractivity contribution is 0.670. The molecular formula is C51H28B5N3O. The summed E-state index contributed by atoms with van der Waals surface area (Å²) in [4.78, 5) is 15.1. The predicted octanol–water partition coefficient (Wildman–Crippen LogP) is 7.41. The van der Waals surface area contributed by atoms with Crippen LogP contribution in [0, 0.1) is 0 Å². The van der Waals surface area contributed by atoms with Crippen molar-refractivity contribution in [2.45, 2.75) is 0 Å². The van der Waals surface area contributed by atoms with Crippen molar-refractivity contribution < 1.29 is 4.42 Å². The SMILES string of the molecule is [B]c1c([B])c([B])c(-c2cccc(-c3nc(-c4ccccc4)nc(-c4cccc5c4oc4c(-c6ccc(-c7ccc(-c8ccccc8)cc7)cc6)cccc45)n3)c2)c([B])c1[B]. The molecule has 0 spiro atoms. The molecule has 0 N–H and O–H groups in total. The summed E-state index contributed by atoms with van der Waals surface area (Å²) in [6.45, 7) is 0. The topological polar surface area (TPSA) is 51.8 Å². The molecule has 0 atom stereocenters. The van der Waals surface area contributed by atoms with E-state index in [9.17, 15) is 0 Å². The van der Waals surface area contributed by atoms with Crippen molar-refractivity contribution >= 4 is 88.5 Å². The highest BCUT2D eigenvalue weighted by molar-refractivity contribution is 6.68. The van der Waals surface area contributed by atoms with Crippen LogP contribution in [0.25, 0.3) is 101 Å². The van der Waals surface area contributed by atoms with Crippen LogP contribution < -0.4 is 27.3 Å². The minimum absolute atomic E-state index is 0.158. The number of benzene rings is 8. The normalized spacial score (nSPS) is 11.3. The molecule has 2 aromatic heterocycles. The van der Waals surface area contributed by atoms with Gasteiger partial charge in [-0.15, -0.1) is 16.4 Å². The van der Waals surface area contributed by atoms with Gasteiger partial charge in [0.05, 0.1) is 5.56 Å². The molecule has 0 bridgehead atoms. The van der Waals surface area contributed by atoms with E-state index in [4.69, 9.17) is 58.6 Å². The van der Waals surface area contributed by atoms with E-state index >= 15 is 0 Å². The van der Waals surface area contributed by atoms with Gasteiger partial charge in [0.15, 0.2) is 17.5 Å². The molecule has 4 nitrogen and oxygen atoms in total. The van der Waals surface area contributed by atoms with Crippen molar-refractivity contribution in [3.8, 4) is 78.7 Å².